The second-order valence-electron chi connectivity index (χ2n) is 5.12. The maximum Gasteiger partial charge on any atom is 0.237 e. The fourth-order valence-electron chi connectivity index (χ4n) is 2.58. The van der Waals surface area contributed by atoms with Gasteiger partial charge in [-0.05, 0) is 42.5 Å². The van der Waals surface area contributed by atoms with Crippen molar-refractivity contribution >= 4 is 22.5 Å². The molecular weight excluding hydrogens is 252 g/mol. The van der Waals surface area contributed by atoms with E-state index in [9.17, 15) is 4.79 Å². The standard InChI is InChI=1S/C15H18N4O/c16-14-12-4-3-10(8-11(12)5-7-18-14)9-19-15(20)13-2-1-6-17-13/h3-5,7-8,13,17H,1-2,6,9H2,(H2,16,18)(H,19,20). The van der Waals surface area contributed by atoms with E-state index >= 15 is 0 Å². The number of pyridine rings is 1. The third kappa shape index (κ3) is 2.58. The van der Waals surface area contributed by atoms with E-state index in [1.807, 2.05) is 24.3 Å². The predicted molar refractivity (Wildman–Crippen MR) is 79.0 cm³/mol. The minimum atomic E-state index is -0.0321. The van der Waals surface area contributed by atoms with Crippen molar-refractivity contribution < 1.29 is 4.79 Å². The number of carbonyl (C=O) groups is 1. The molecule has 20 heavy (non-hydrogen) atoms. The number of hydrogen-bond donors (Lipinski definition) is 3. The summed E-state index contributed by atoms with van der Waals surface area (Å²) in [6.07, 6.45) is 3.69. The van der Waals surface area contributed by atoms with E-state index in [0.29, 0.717) is 12.4 Å². The fraction of sp³-hybridized carbons (Fsp3) is 0.333. The topological polar surface area (TPSA) is 80.0 Å². The molecule has 1 aromatic carbocycles. The van der Waals surface area contributed by atoms with Crippen LogP contribution in [0.5, 0.6) is 0 Å². The molecule has 1 unspecified atom stereocenters. The Morgan fingerprint density at radius 2 is 2.35 bits per heavy atom. The zero-order chi connectivity index (χ0) is 13.9. The summed E-state index contributed by atoms with van der Waals surface area (Å²) in [4.78, 5) is 16.0. The Labute approximate surface area is 117 Å². The lowest BCUT2D eigenvalue weighted by Gasteiger charge is -2.11. The number of nitrogens with two attached hydrogens (primary N) is 1. The zero-order valence-electron chi connectivity index (χ0n) is 11.2. The lowest BCUT2D eigenvalue weighted by atomic mass is 10.1. The molecule has 0 aliphatic carbocycles. The Hall–Kier alpha value is -2.14. The highest BCUT2D eigenvalue weighted by molar-refractivity contribution is 5.91. The molecular formula is C15H18N4O. The maximum atomic E-state index is 11.9. The smallest absolute Gasteiger partial charge is 0.237 e. The molecule has 2 aromatic rings. The number of carbonyl (C=O) groups excluding carboxylic acids is 1. The number of amides is 1. The molecule has 104 valence electrons. The van der Waals surface area contributed by atoms with Crippen molar-refractivity contribution in [2.45, 2.75) is 25.4 Å². The van der Waals surface area contributed by atoms with Crippen LogP contribution in [0.25, 0.3) is 10.8 Å². The monoisotopic (exact) mass is 270 g/mol. The summed E-state index contributed by atoms with van der Waals surface area (Å²) in [5, 5.41) is 8.15. The van der Waals surface area contributed by atoms with Crippen molar-refractivity contribution in [1.82, 2.24) is 15.6 Å². The van der Waals surface area contributed by atoms with Gasteiger partial charge in [0.1, 0.15) is 5.82 Å². The molecule has 3 rings (SSSR count). The molecule has 0 bridgehead atoms. The summed E-state index contributed by atoms with van der Waals surface area (Å²) in [6.45, 7) is 1.47. The van der Waals surface area contributed by atoms with E-state index in [4.69, 9.17) is 5.73 Å². The summed E-state index contributed by atoms with van der Waals surface area (Å²) < 4.78 is 0. The highest BCUT2D eigenvalue weighted by Crippen LogP contribution is 2.19. The molecule has 1 atom stereocenters. The first kappa shape index (κ1) is 12.9. The third-order valence-electron chi connectivity index (χ3n) is 3.70. The summed E-state index contributed by atoms with van der Waals surface area (Å²) in [5.41, 5.74) is 6.89. The van der Waals surface area contributed by atoms with Crippen LogP contribution >= 0.6 is 0 Å². The Morgan fingerprint density at radius 1 is 1.45 bits per heavy atom. The summed E-state index contributed by atoms with van der Waals surface area (Å²) >= 11 is 0. The van der Waals surface area contributed by atoms with Gasteiger partial charge in [0.25, 0.3) is 0 Å². The predicted octanol–water partition coefficient (Wildman–Crippen LogP) is 1.19. The lowest BCUT2D eigenvalue weighted by molar-refractivity contribution is -0.122. The van der Waals surface area contributed by atoms with Crippen LogP contribution in [0.15, 0.2) is 30.5 Å². The average Bonchev–Trinajstić information content (AvgIpc) is 2.99. The first-order valence-electron chi connectivity index (χ1n) is 6.88. The Bertz CT molecular complexity index is 635. The molecule has 0 radical (unpaired) electrons. The number of rotatable bonds is 3. The first-order valence-corrected chi connectivity index (χ1v) is 6.88. The van der Waals surface area contributed by atoms with Gasteiger partial charge >= 0.3 is 0 Å². The van der Waals surface area contributed by atoms with Gasteiger partial charge in [-0.15, -0.1) is 0 Å². The van der Waals surface area contributed by atoms with Crippen LogP contribution in [0, 0.1) is 0 Å². The van der Waals surface area contributed by atoms with Crippen LogP contribution in [0.3, 0.4) is 0 Å². The minimum absolute atomic E-state index is 0.0321. The Morgan fingerprint density at radius 3 is 3.15 bits per heavy atom. The SMILES string of the molecule is Nc1nccc2cc(CNC(=O)C3CCCN3)ccc12. The van der Waals surface area contributed by atoms with E-state index in [0.717, 1.165) is 35.7 Å². The van der Waals surface area contributed by atoms with Crippen LogP contribution in [-0.2, 0) is 11.3 Å². The Balaban J connectivity index is 1.70. The highest BCUT2D eigenvalue weighted by Gasteiger charge is 2.21. The number of fused-ring (bicyclic) bond motifs is 1. The largest absolute Gasteiger partial charge is 0.383 e. The molecule has 5 nitrogen and oxygen atoms in total. The molecule has 5 heteroatoms. The molecule has 1 fully saturated rings. The molecule has 0 spiro atoms. The number of nitrogens with zero attached hydrogens (tertiary/aromatic N) is 1. The van der Waals surface area contributed by atoms with Crippen LogP contribution < -0.4 is 16.4 Å². The van der Waals surface area contributed by atoms with Crippen molar-refractivity contribution in [2.75, 3.05) is 12.3 Å². The molecule has 1 aliphatic heterocycles. The number of aromatic nitrogens is 1. The quantitative estimate of drug-likeness (QED) is 0.782. The van der Waals surface area contributed by atoms with E-state index in [-0.39, 0.29) is 11.9 Å². The molecule has 1 amide bonds. The number of anilines is 1. The number of benzene rings is 1. The van der Waals surface area contributed by atoms with Crippen LogP contribution in [0.2, 0.25) is 0 Å². The second-order valence-corrected chi connectivity index (χ2v) is 5.12. The van der Waals surface area contributed by atoms with Gasteiger partial charge in [0, 0.05) is 18.1 Å². The first-order chi connectivity index (χ1) is 9.74. The van der Waals surface area contributed by atoms with Crippen molar-refractivity contribution in [3.8, 4) is 0 Å². The van der Waals surface area contributed by atoms with Gasteiger partial charge in [0.15, 0.2) is 0 Å². The van der Waals surface area contributed by atoms with Crippen LogP contribution in [0.1, 0.15) is 18.4 Å². The molecule has 0 saturated carbocycles. The number of nitrogen functional groups attached to an aromatic ring is 1. The van der Waals surface area contributed by atoms with Crippen molar-refractivity contribution in [2.24, 2.45) is 0 Å². The van der Waals surface area contributed by atoms with E-state index < -0.39 is 0 Å². The van der Waals surface area contributed by atoms with Crippen LogP contribution in [0.4, 0.5) is 5.82 Å². The lowest BCUT2D eigenvalue weighted by Crippen LogP contribution is -2.39. The van der Waals surface area contributed by atoms with E-state index in [1.165, 1.54) is 0 Å². The molecule has 1 aromatic heterocycles. The van der Waals surface area contributed by atoms with Crippen molar-refractivity contribution in [3.63, 3.8) is 0 Å². The molecule has 2 heterocycles. The maximum absolute atomic E-state index is 11.9. The van der Waals surface area contributed by atoms with Crippen molar-refractivity contribution in [3.05, 3.63) is 36.0 Å². The van der Waals surface area contributed by atoms with Gasteiger partial charge < -0.3 is 16.4 Å². The van der Waals surface area contributed by atoms with Gasteiger partial charge in [-0.25, -0.2) is 4.98 Å². The number of hydrogen-bond acceptors (Lipinski definition) is 4. The second kappa shape index (κ2) is 5.46. The van der Waals surface area contributed by atoms with E-state index in [1.54, 1.807) is 6.20 Å². The average molecular weight is 270 g/mol. The van der Waals surface area contributed by atoms with Gasteiger partial charge in [-0.3, -0.25) is 4.79 Å². The van der Waals surface area contributed by atoms with Gasteiger partial charge in [-0.1, -0.05) is 12.1 Å². The summed E-state index contributed by atoms with van der Waals surface area (Å²) in [5.74, 6) is 0.616. The minimum Gasteiger partial charge on any atom is -0.383 e. The molecule has 4 N–H and O–H groups in total. The molecule has 1 saturated heterocycles. The normalized spacial score (nSPS) is 18.3. The summed E-state index contributed by atoms with van der Waals surface area (Å²) in [7, 11) is 0. The third-order valence-corrected chi connectivity index (χ3v) is 3.70. The molecule has 1 aliphatic rings. The van der Waals surface area contributed by atoms with Crippen molar-refractivity contribution in [1.29, 1.82) is 0 Å². The number of nitrogens with one attached hydrogen (secondary N) is 2. The van der Waals surface area contributed by atoms with Crippen LogP contribution in [-0.4, -0.2) is 23.5 Å². The Kier molecular flexibility index (Phi) is 3.52. The highest BCUT2D eigenvalue weighted by atomic mass is 16.2. The summed E-state index contributed by atoms with van der Waals surface area (Å²) in [6, 6.07) is 7.86. The van der Waals surface area contributed by atoms with Gasteiger partial charge in [0.05, 0.1) is 6.04 Å². The van der Waals surface area contributed by atoms with Gasteiger partial charge in [-0.2, -0.15) is 0 Å². The van der Waals surface area contributed by atoms with E-state index in [2.05, 4.69) is 15.6 Å². The van der Waals surface area contributed by atoms with Gasteiger partial charge in [0.2, 0.25) is 5.91 Å². The zero-order valence-corrected chi connectivity index (χ0v) is 11.2. The fourth-order valence-corrected chi connectivity index (χ4v) is 2.58.